The maximum Gasteiger partial charge on any atom is 0.253 e. The second-order valence-electron chi connectivity index (χ2n) is 5.60. The molecule has 0 saturated heterocycles. The van der Waals surface area contributed by atoms with Gasteiger partial charge >= 0.3 is 0 Å². The molecule has 0 atom stereocenters. The molecule has 2 aromatic carbocycles. The van der Waals surface area contributed by atoms with Gasteiger partial charge in [-0.25, -0.2) is 0 Å². The summed E-state index contributed by atoms with van der Waals surface area (Å²) < 4.78 is 0.973. The number of nitrogens with zero attached hydrogens (tertiary/aromatic N) is 1. The number of hydrogen-bond acceptors (Lipinski definition) is 2. The van der Waals surface area contributed by atoms with Crippen molar-refractivity contribution < 1.29 is 9.59 Å². The standard InChI is InChI=1S/C19H19BrN2O2/c1-13-12-16(20)9-10-17(13)21-18(23)11-6-14-4-7-15(8-5-14)19(24)22(2)3/h4-12H,1-3H3,(H,21,23)/b11-6+. The van der Waals surface area contributed by atoms with Crippen molar-refractivity contribution in [3.05, 3.63) is 69.7 Å². The summed E-state index contributed by atoms with van der Waals surface area (Å²) in [6, 6.07) is 12.8. The first-order chi connectivity index (χ1) is 11.4. The van der Waals surface area contributed by atoms with Crippen molar-refractivity contribution in [2.45, 2.75) is 6.92 Å². The Labute approximate surface area is 150 Å². The van der Waals surface area contributed by atoms with E-state index in [1.807, 2.05) is 37.3 Å². The topological polar surface area (TPSA) is 49.4 Å². The van der Waals surface area contributed by atoms with Gasteiger partial charge in [-0.05, 0) is 54.5 Å². The normalized spacial score (nSPS) is 10.7. The largest absolute Gasteiger partial charge is 0.345 e. The molecule has 24 heavy (non-hydrogen) atoms. The predicted molar refractivity (Wildman–Crippen MR) is 101 cm³/mol. The highest BCUT2D eigenvalue weighted by molar-refractivity contribution is 9.10. The van der Waals surface area contributed by atoms with Crippen LogP contribution in [0.15, 0.2) is 53.0 Å². The molecule has 4 nitrogen and oxygen atoms in total. The maximum absolute atomic E-state index is 12.0. The van der Waals surface area contributed by atoms with Crippen LogP contribution < -0.4 is 5.32 Å². The first-order valence-electron chi connectivity index (χ1n) is 7.44. The van der Waals surface area contributed by atoms with Gasteiger partial charge in [0.2, 0.25) is 5.91 Å². The molecule has 0 aromatic heterocycles. The van der Waals surface area contributed by atoms with E-state index in [2.05, 4.69) is 21.2 Å². The Morgan fingerprint density at radius 2 is 1.75 bits per heavy atom. The number of aryl methyl sites for hydroxylation is 1. The van der Waals surface area contributed by atoms with Gasteiger partial charge in [-0.3, -0.25) is 9.59 Å². The van der Waals surface area contributed by atoms with E-state index in [4.69, 9.17) is 0 Å². The number of nitrogens with one attached hydrogen (secondary N) is 1. The molecule has 0 radical (unpaired) electrons. The Hall–Kier alpha value is -2.40. The van der Waals surface area contributed by atoms with E-state index in [0.717, 1.165) is 21.3 Å². The summed E-state index contributed by atoms with van der Waals surface area (Å²) >= 11 is 3.39. The molecule has 0 spiro atoms. The number of anilines is 1. The Morgan fingerprint density at radius 1 is 1.08 bits per heavy atom. The van der Waals surface area contributed by atoms with Crippen LogP contribution in [-0.4, -0.2) is 30.8 Å². The minimum atomic E-state index is -0.200. The third-order valence-electron chi connectivity index (χ3n) is 3.44. The van der Waals surface area contributed by atoms with Gasteiger partial charge in [0.1, 0.15) is 0 Å². The lowest BCUT2D eigenvalue weighted by atomic mass is 10.1. The van der Waals surface area contributed by atoms with E-state index in [-0.39, 0.29) is 11.8 Å². The van der Waals surface area contributed by atoms with Crippen molar-refractivity contribution in [2.24, 2.45) is 0 Å². The van der Waals surface area contributed by atoms with Crippen molar-refractivity contribution in [1.29, 1.82) is 0 Å². The molecule has 0 bridgehead atoms. The van der Waals surface area contributed by atoms with Crippen LogP contribution in [0.4, 0.5) is 5.69 Å². The molecule has 0 aliphatic heterocycles. The van der Waals surface area contributed by atoms with Gasteiger partial charge in [-0.2, -0.15) is 0 Å². The van der Waals surface area contributed by atoms with Gasteiger partial charge in [0.15, 0.2) is 0 Å². The van der Waals surface area contributed by atoms with E-state index in [0.29, 0.717) is 5.56 Å². The second-order valence-corrected chi connectivity index (χ2v) is 6.52. The quantitative estimate of drug-likeness (QED) is 0.803. The second kappa shape index (κ2) is 7.93. The molecule has 0 unspecified atom stereocenters. The lowest BCUT2D eigenvalue weighted by molar-refractivity contribution is -0.111. The van der Waals surface area contributed by atoms with Gasteiger partial charge in [-0.15, -0.1) is 0 Å². The van der Waals surface area contributed by atoms with Crippen molar-refractivity contribution in [3.8, 4) is 0 Å². The molecule has 2 rings (SSSR count). The molecule has 0 aliphatic rings. The van der Waals surface area contributed by atoms with Crippen LogP contribution in [-0.2, 0) is 4.79 Å². The van der Waals surface area contributed by atoms with Gasteiger partial charge in [0.25, 0.3) is 5.91 Å². The maximum atomic E-state index is 12.0. The minimum absolute atomic E-state index is 0.0472. The minimum Gasteiger partial charge on any atom is -0.345 e. The zero-order chi connectivity index (χ0) is 17.7. The zero-order valence-corrected chi connectivity index (χ0v) is 15.4. The fraction of sp³-hybridized carbons (Fsp3) is 0.158. The number of halogens is 1. The fourth-order valence-electron chi connectivity index (χ4n) is 2.11. The number of amides is 2. The van der Waals surface area contributed by atoms with Crippen LogP contribution in [0.25, 0.3) is 6.08 Å². The first-order valence-corrected chi connectivity index (χ1v) is 8.23. The SMILES string of the molecule is Cc1cc(Br)ccc1NC(=O)/C=C/c1ccc(C(=O)N(C)C)cc1. The molecule has 0 fully saturated rings. The number of hydrogen-bond donors (Lipinski definition) is 1. The molecule has 5 heteroatoms. The smallest absolute Gasteiger partial charge is 0.253 e. The predicted octanol–water partition coefficient (Wildman–Crippen LogP) is 4.11. The molecule has 2 aromatic rings. The highest BCUT2D eigenvalue weighted by Crippen LogP contribution is 2.20. The van der Waals surface area contributed by atoms with Crippen LogP contribution in [0.3, 0.4) is 0 Å². The molecule has 124 valence electrons. The van der Waals surface area contributed by atoms with Crippen molar-refractivity contribution in [1.82, 2.24) is 4.90 Å². The van der Waals surface area contributed by atoms with Crippen LogP contribution in [0.5, 0.6) is 0 Å². The van der Waals surface area contributed by atoms with Gasteiger partial charge in [-0.1, -0.05) is 28.1 Å². The highest BCUT2D eigenvalue weighted by Gasteiger charge is 2.06. The monoisotopic (exact) mass is 386 g/mol. The Kier molecular flexibility index (Phi) is 5.93. The lowest BCUT2D eigenvalue weighted by Gasteiger charge is -2.09. The molecule has 0 saturated carbocycles. The summed E-state index contributed by atoms with van der Waals surface area (Å²) in [7, 11) is 3.43. The highest BCUT2D eigenvalue weighted by atomic mass is 79.9. The zero-order valence-electron chi connectivity index (χ0n) is 13.8. The molecule has 0 heterocycles. The molecule has 2 amide bonds. The van der Waals surface area contributed by atoms with E-state index in [1.54, 1.807) is 32.3 Å². The number of rotatable bonds is 4. The van der Waals surface area contributed by atoms with Crippen LogP contribution in [0.2, 0.25) is 0 Å². The number of carbonyl (C=O) groups is 2. The third-order valence-corrected chi connectivity index (χ3v) is 3.93. The third kappa shape index (κ3) is 4.80. The van der Waals surface area contributed by atoms with E-state index < -0.39 is 0 Å². The van der Waals surface area contributed by atoms with Crippen LogP contribution in [0.1, 0.15) is 21.5 Å². The van der Waals surface area contributed by atoms with E-state index >= 15 is 0 Å². The van der Waals surface area contributed by atoms with Gasteiger partial charge < -0.3 is 10.2 Å². The summed E-state index contributed by atoms with van der Waals surface area (Å²) in [5.41, 5.74) is 3.23. The van der Waals surface area contributed by atoms with E-state index in [1.165, 1.54) is 11.0 Å². The molecule has 0 aliphatic carbocycles. The van der Waals surface area contributed by atoms with Crippen LogP contribution in [0, 0.1) is 6.92 Å². The molecule has 1 N–H and O–H groups in total. The Morgan fingerprint density at radius 3 is 2.33 bits per heavy atom. The van der Waals surface area contributed by atoms with Gasteiger partial charge in [0.05, 0.1) is 0 Å². The number of carbonyl (C=O) groups excluding carboxylic acids is 2. The Balaban J connectivity index is 2.02. The van der Waals surface area contributed by atoms with Crippen LogP contribution >= 0.6 is 15.9 Å². The summed E-state index contributed by atoms with van der Waals surface area (Å²) in [6.45, 7) is 1.94. The molecular formula is C19H19BrN2O2. The molecular weight excluding hydrogens is 368 g/mol. The van der Waals surface area contributed by atoms with Gasteiger partial charge in [0, 0.05) is 35.9 Å². The summed E-state index contributed by atoms with van der Waals surface area (Å²) in [4.78, 5) is 25.4. The van der Waals surface area contributed by atoms with Crippen molar-refractivity contribution >= 4 is 39.5 Å². The summed E-state index contributed by atoms with van der Waals surface area (Å²) in [5.74, 6) is -0.247. The Bertz CT molecular complexity index is 780. The summed E-state index contributed by atoms with van der Waals surface area (Å²) in [6.07, 6.45) is 3.19. The van der Waals surface area contributed by atoms with Crippen molar-refractivity contribution in [2.75, 3.05) is 19.4 Å². The summed E-state index contributed by atoms with van der Waals surface area (Å²) in [5, 5.41) is 2.84. The average molecular weight is 387 g/mol. The lowest BCUT2D eigenvalue weighted by Crippen LogP contribution is -2.21. The number of benzene rings is 2. The first kappa shape index (κ1) is 17.9. The fourth-order valence-corrected chi connectivity index (χ4v) is 2.58. The average Bonchev–Trinajstić information content (AvgIpc) is 2.55. The van der Waals surface area contributed by atoms with E-state index in [9.17, 15) is 9.59 Å². The van der Waals surface area contributed by atoms with Crippen molar-refractivity contribution in [3.63, 3.8) is 0 Å².